The summed E-state index contributed by atoms with van der Waals surface area (Å²) in [6.45, 7) is 2.03. The molecule has 0 saturated carbocycles. The zero-order valence-corrected chi connectivity index (χ0v) is 7.13. The van der Waals surface area contributed by atoms with Gasteiger partial charge in [0, 0.05) is 11.1 Å². The summed E-state index contributed by atoms with van der Waals surface area (Å²) in [4.78, 5) is 0. The van der Waals surface area contributed by atoms with Crippen LogP contribution in [0.25, 0.3) is 0 Å². The van der Waals surface area contributed by atoms with E-state index in [1.165, 1.54) is 0 Å². The lowest BCUT2D eigenvalue weighted by atomic mass is 10.2. The van der Waals surface area contributed by atoms with Crippen LogP contribution in [-0.2, 0) is 6.42 Å². The van der Waals surface area contributed by atoms with Crippen molar-refractivity contribution in [2.45, 2.75) is 13.3 Å². The van der Waals surface area contributed by atoms with Gasteiger partial charge in [0.15, 0.2) is 0 Å². The van der Waals surface area contributed by atoms with Crippen LogP contribution in [0.4, 0.5) is 0 Å². The Morgan fingerprint density at radius 3 is 2.70 bits per heavy atom. The maximum absolute atomic E-state index is 5.78. The van der Waals surface area contributed by atoms with E-state index < -0.39 is 0 Å². The van der Waals surface area contributed by atoms with Gasteiger partial charge in [-0.3, -0.25) is 0 Å². The SMILES string of the molecule is CCc1cc(Cl)c[c]c1Cl. The van der Waals surface area contributed by atoms with Gasteiger partial charge in [-0.2, -0.15) is 0 Å². The van der Waals surface area contributed by atoms with Gasteiger partial charge in [0.05, 0.1) is 5.02 Å². The Morgan fingerprint density at radius 1 is 1.50 bits per heavy atom. The molecule has 1 radical (unpaired) electrons. The van der Waals surface area contributed by atoms with Gasteiger partial charge in [-0.25, -0.2) is 0 Å². The van der Waals surface area contributed by atoms with E-state index >= 15 is 0 Å². The zero-order chi connectivity index (χ0) is 7.56. The van der Waals surface area contributed by atoms with Crippen LogP contribution in [0.3, 0.4) is 0 Å². The number of benzene rings is 1. The molecular formula is C8H7Cl2. The Bertz CT molecular complexity index is 231. The first-order valence-electron chi connectivity index (χ1n) is 3.09. The van der Waals surface area contributed by atoms with Crippen LogP contribution in [0, 0.1) is 6.07 Å². The summed E-state index contributed by atoms with van der Waals surface area (Å²) in [6.07, 6.45) is 0.899. The molecule has 10 heavy (non-hydrogen) atoms. The fourth-order valence-corrected chi connectivity index (χ4v) is 1.18. The van der Waals surface area contributed by atoms with Gasteiger partial charge in [0.1, 0.15) is 0 Å². The molecule has 0 amide bonds. The average Bonchev–Trinajstić information content (AvgIpc) is 1.94. The molecule has 0 aliphatic rings. The molecule has 0 unspecified atom stereocenters. The summed E-state index contributed by atoms with van der Waals surface area (Å²) < 4.78 is 0. The highest BCUT2D eigenvalue weighted by atomic mass is 35.5. The summed E-state index contributed by atoms with van der Waals surface area (Å²) >= 11 is 11.5. The Kier molecular flexibility index (Phi) is 2.58. The highest BCUT2D eigenvalue weighted by Gasteiger charge is 1.97. The topological polar surface area (TPSA) is 0 Å². The van der Waals surface area contributed by atoms with Crippen molar-refractivity contribution in [1.29, 1.82) is 0 Å². The lowest BCUT2D eigenvalue weighted by Gasteiger charge is -1.98. The molecule has 0 fully saturated rings. The summed E-state index contributed by atoms with van der Waals surface area (Å²) in [5.74, 6) is 0. The first kappa shape index (κ1) is 7.90. The molecule has 0 N–H and O–H groups in total. The minimum absolute atomic E-state index is 0.673. The number of hydrogen-bond donors (Lipinski definition) is 0. The van der Waals surface area contributed by atoms with Crippen LogP contribution in [-0.4, -0.2) is 0 Å². The van der Waals surface area contributed by atoms with Gasteiger partial charge < -0.3 is 0 Å². The van der Waals surface area contributed by atoms with Crippen LogP contribution < -0.4 is 0 Å². The van der Waals surface area contributed by atoms with E-state index in [4.69, 9.17) is 23.2 Å². The second kappa shape index (κ2) is 3.27. The van der Waals surface area contributed by atoms with E-state index in [-0.39, 0.29) is 0 Å². The van der Waals surface area contributed by atoms with E-state index in [1.54, 1.807) is 6.07 Å². The van der Waals surface area contributed by atoms with Crippen molar-refractivity contribution in [3.8, 4) is 0 Å². The molecule has 0 nitrogen and oxygen atoms in total. The van der Waals surface area contributed by atoms with Crippen LogP contribution in [0.1, 0.15) is 12.5 Å². The molecule has 1 rings (SSSR count). The molecular weight excluding hydrogens is 167 g/mol. The largest absolute Gasteiger partial charge is 0.0843 e. The lowest BCUT2D eigenvalue weighted by Crippen LogP contribution is -1.80. The Labute approximate surface area is 70.8 Å². The van der Waals surface area contributed by atoms with E-state index in [2.05, 4.69) is 6.07 Å². The van der Waals surface area contributed by atoms with Crippen molar-refractivity contribution in [3.63, 3.8) is 0 Å². The monoisotopic (exact) mass is 173 g/mol. The second-order valence-electron chi connectivity index (χ2n) is 2.01. The zero-order valence-electron chi connectivity index (χ0n) is 5.62. The van der Waals surface area contributed by atoms with Gasteiger partial charge in [-0.15, -0.1) is 0 Å². The van der Waals surface area contributed by atoms with Crippen molar-refractivity contribution >= 4 is 23.2 Å². The van der Waals surface area contributed by atoms with Crippen molar-refractivity contribution < 1.29 is 0 Å². The van der Waals surface area contributed by atoms with Crippen LogP contribution in [0.2, 0.25) is 10.0 Å². The molecule has 1 aromatic rings. The Hall–Kier alpha value is -0.200. The minimum Gasteiger partial charge on any atom is -0.0843 e. The predicted octanol–water partition coefficient (Wildman–Crippen LogP) is 3.36. The van der Waals surface area contributed by atoms with E-state index in [0.29, 0.717) is 10.0 Å². The van der Waals surface area contributed by atoms with Gasteiger partial charge in [-0.05, 0) is 24.1 Å². The minimum atomic E-state index is 0.673. The van der Waals surface area contributed by atoms with E-state index in [1.807, 2.05) is 13.0 Å². The quantitative estimate of drug-likeness (QED) is 0.612. The highest BCUT2D eigenvalue weighted by Crippen LogP contribution is 2.19. The molecule has 2 heteroatoms. The maximum Gasteiger partial charge on any atom is 0.0517 e. The normalized spacial score (nSPS) is 9.90. The van der Waals surface area contributed by atoms with E-state index in [0.717, 1.165) is 12.0 Å². The molecule has 0 saturated heterocycles. The standard InChI is InChI=1S/C8H7Cl2/c1-2-6-5-7(9)3-4-8(6)10/h3,5H,2H2,1H3. The Balaban J connectivity index is 3.09. The molecule has 0 bridgehead atoms. The van der Waals surface area contributed by atoms with Gasteiger partial charge in [0.25, 0.3) is 0 Å². The van der Waals surface area contributed by atoms with Gasteiger partial charge in [-0.1, -0.05) is 30.1 Å². The molecule has 0 aliphatic carbocycles. The average molecular weight is 174 g/mol. The van der Waals surface area contributed by atoms with Gasteiger partial charge in [0.2, 0.25) is 0 Å². The number of halogens is 2. The highest BCUT2D eigenvalue weighted by molar-refractivity contribution is 6.33. The number of hydrogen-bond acceptors (Lipinski definition) is 0. The first-order valence-corrected chi connectivity index (χ1v) is 3.85. The molecule has 53 valence electrons. The van der Waals surface area contributed by atoms with Crippen molar-refractivity contribution in [1.82, 2.24) is 0 Å². The molecule has 1 aromatic carbocycles. The third-order valence-corrected chi connectivity index (χ3v) is 1.88. The maximum atomic E-state index is 5.78. The Morgan fingerprint density at radius 2 is 2.20 bits per heavy atom. The van der Waals surface area contributed by atoms with Crippen molar-refractivity contribution in [2.75, 3.05) is 0 Å². The number of aryl methyl sites for hydroxylation is 1. The molecule has 0 heterocycles. The summed E-state index contributed by atoms with van der Waals surface area (Å²) in [7, 11) is 0. The van der Waals surface area contributed by atoms with E-state index in [9.17, 15) is 0 Å². The van der Waals surface area contributed by atoms with Crippen LogP contribution in [0.5, 0.6) is 0 Å². The van der Waals surface area contributed by atoms with Crippen molar-refractivity contribution in [2.24, 2.45) is 0 Å². The lowest BCUT2D eigenvalue weighted by molar-refractivity contribution is 1.14. The molecule has 0 aromatic heterocycles. The van der Waals surface area contributed by atoms with Gasteiger partial charge >= 0.3 is 0 Å². The summed E-state index contributed by atoms with van der Waals surface area (Å²) in [5.41, 5.74) is 1.05. The second-order valence-corrected chi connectivity index (χ2v) is 2.83. The third-order valence-electron chi connectivity index (χ3n) is 1.31. The van der Waals surface area contributed by atoms with Crippen molar-refractivity contribution in [3.05, 3.63) is 33.8 Å². The first-order chi connectivity index (χ1) is 4.74. The van der Waals surface area contributed by atoms with Crippen LogP contribution >= 0.6 is 23.2 Å². The molecule has 0 atom stereocenters. The fraction of sp³-hybridized carbons (Fsp3) is 0.250. The van der Waals surface area contributed by atoms with Crippen LogP contribution in [0.15, 0.2) is 12.1 Å². The predicted molar refractivity (Wildman–Crippen MR) is 44.7 cm³/mol. The fourth-order valence-electron chi connectivity index (χ4n) is 0.754. The number of rotatable bonds is 1. The summed E-state index contributed by atoms with van der Waals surface area (Å²) in [6, 6.07) is 6.38. The molecule has 0 aliphatic heterocycles. The third kappa shape index (κ3) is 1.65. The molecule has 0 spiro atoms. The smallest absolute Gasteiger partial charge is 0.0517 e. The summed E-state index contributed by atoms with van der Waals surface area (Å²) in [5, 5.41) is 1.37.